The minimum Gasteiger partial charge on any atom is -0.396 e. The smallest absolute Gasteiger partial charge is 0.315 e. The van der Waals surface area contributed by atoms with Crippen LogP contribution in [0.25, 0.3) is 0 Å². The molecule has 1 aliphatic heterocycles. The summed E-state index contributed by atoms with van der Waals surface area (Å²) in [6.45, 7) is 2.39. The lowest BCUT2D eigenvalue weighted by atomic mass is 10.0. The predicted molar refractivity (Wildman–Crippen MR) is 89.7 cm³/mol. The molecule has 1 aromatic carbocycles. The van der Waals surface area contributed by atoms with Crippen LogP contribution in [-0.4, -0.2) is 42.3 Å². The van der Waals surface area contributed by atoms with E-state index >= 15 is 0 Å². The zero-order chi connectivity index (χ0) is 16.8. The van der Waals surface area contributed by atoms with E-state index in [1.807, 2.05) is 12.1 Å². The van der Waals surface area contributed by atoms with Crippen LogP contribution in [0.2, 0.25) is 5.02 Å². The maximum absolute atomic E-state index is 12.6. The van der Waals surface area contributed by atoms with Crippen LogP contribution in [0.4, 0.5) is 10.5 Å². The third kappa shape index (κ3) is 4.59. The molecule has 2 atom stereocenters. The Labute approximate surface area is 140 Å². The van der Waals surface area contributed by atoms with Crippen molar-refractivity contribution in [3.8, 4) is 0 Å². The van der Waals surface area contributed by atoms with E-state index in [-0.39, 0.29) is 18.6 Å². The molecule has 7 heteroatoms. The zero-order valence-corrected chi connectivity index (χ0v) is 13.8. The Balaban J connectivity index is 2.00. The molecule has 126 valence electrons. The molecule has 1 aliphatic rings. The first-order valence-electron chi connectivity index (χ1n) is 7.76. The Hall–Kier alpha value is -1.79. The molecule has 2 unspecified atom stereocenters. The Morgan fingerprint density at radius 3 is 2.91 bits per heavy atom. The second kappa shape index (κ2) is 8.17. The van der Waals surface area contributed by atoms with Crippen LogP contribution >= 0.6 is 11.6 Å². The lowest BCUT2D eigenvalue weighted by Crippen LogP contribution is -2.55. The van der Waals surface area contributed by atoms with Crippen molar-refractivity contribution < 1.29 is 14.7 Å². The Bertz CT molecular complexity index is 567. The lowest BCUT2D eigenvalue weighted by molar-refractivity contribution is -0.121. The van der Waals surface area contributed by atoms with Gasteiger partial charge in [0.15, 0.2) is 0 Å². The molecule has 0 aliphatic carbocycles. The molecule has 1 saturated heterocycles. The van der Waals surface area contributed by atoms with Gasteiger partial charge >= 0.3 is 6.03 Å². The van der Waals surface area contributed by atoms with Gasteiger partial charge < -0.3 is 20.6 Å². The molecule has 2 rings (SSSR count). The highest BCUT2D eigenvalue weighted by atomic mass is 35.5. The number of piperidine rings is 1. The van der Waals surface area contributed by atoms with Crippen molar-refractivity contribution in [2.45, 2.75) is 38.3 Å². The molecule has 3 amide bonds. The number of nitrogens with zero attached hydrogens (tertiary/aromatic N) is 1. The highest BCUT2D eigenvalue weighted by Gasteiger charge is 2.31. The standard InChI is InChI=1S/C16H22ClN3O3/c1-11(8-10-21)18-16(23)19-13-6-4-9-20(15(13)22)14-7-3-2-5-12(14)17/h2-3,5,7,11,13,21H,4,6,8-10H2,1H3,(H2,18,19,23). The molecule has 1 heterocycles. The average Bonchev–Trinajstić information content (AvgIpc) is 2.50. The molecule has 1 fully saturated rings. The van der Waals surface area contributed by atoms with E-state index in [0.29, 0.717) is 30.1 Å². The largest absolute Gasteiger partial charge is 0.396 e. The number of aliphatic hydroxyl groups excluding tert-OH is 1. The fourth-order valence-electron chi connectivity index (χ4n) is 2.61. The van der Waals surface area contributed by atoms with Crippen LogP contribution in [0.15, 0.2) is 24.3 Å². The molecular weight excluding hydrogens is 318 g/mol. The van der Waals surface area contributed by atoms with Gasteiger partial charge in [-0.1, -0.05) is 23.7 Å². The normalized spacial score (nSPS) is 19.3. The number of hydrogen-bond donors (Lipinski definition) is 3. The second-order valence-corrected chi connectivity index (χ2v) is 6.07. The quantitative estimate of drug-likeness (QED) is 0.766. The molecule has 6 nitrogen and oxygen atoms in total. The summed E-state index contributed by atoms with van der Waals surface area (Å²) in [4.78, 5) is 26.2. The Morgan fingerprint density at radius 2 is 2.22 bits per heavy atom. The minimum atomic E-state index is -0.568. The summed E-state index contributed by atoms with van der Waals surface area (Å²) in [6, 6.07) is 6.06. The summed E-state index contributed by atoms with van der Waals surface area (Å²) in [6.07, 6.45) is 1.85. The van der Waals surface area contributed by atoms with Gasteiger partial charge in [0.05, 0.1) is 10.7 Å². The van der Waals surface area contributed by atoms with Crippen LogP contribution in [-0.2, 0) is 4.79 Å². The summed E-state index contributed by atoms with van der Waals surface area (Å²) < 4.78 is 0. The van der Waals surface area contributed by atoms with Crippen LogP contribution in [0.5, 0.6) is 0 Å². The number of benzene rings is 1. The maximum Gasteiger partial charge on any atom is 0.315 e. The Morgan fingerprint density at radius 1 is 1.48 bits per heavy atom. The van der Waals surface area contributed by atoms with Crippen LogP contribution in [0.1, 0.15) is 26.2 Å². The van der Waals surface area contributed by atoms with Gasteiger partial charge in [-0.25, -0.2) is 4.79 Å². The fraction of sp³-hybridized carbons (Fsp3) is 0.500. The summed E-state index contributed by atoms with van der Waals surface area (Å²) in [5, 5.41) is 14.8. The third-order valence-electron chi connectivity index (χ3n) is 3.83. The molecule has 23 heavy (non-hydrogen) atoms. The summed E-state index contributed by atoms with van der Waals surface area (Å²) >= 11 is 6.16. The van der Waals surface area contributed by atoms with Crippen molar-refractivity contribution in [3.05, 3.63) is 29.3 Å². The molecule has 0 saturated carbocycles. The van der Waals surface area contributed by atoms with Gasteiger partial charge in [0.2, 0.25) is 5.91 Å². The molecular formula is C16H22ClN3O3. The molecule has 0 radical (unpaired) electrons. The van der Waals surface area contributed by atoms with Gasteiger partial charge in [-0.05, 0) is 38.3 Å². The van der Waals surface area contributed by atoms with Crippen LogP contribution in [0, 0.1) is 0 Å². The average molecular weight is 340 g/mol. The van der Waals surface area contributed by atoms with Crippen molar-refractivity contribution in [2.24, 2.45) is 0 Å². The first kappa shape index (κ1) is 17.6. The SMILES string of the molecule is CC(CCO)NC(=O)NC1CCCN(c2ccccc2Cl)C1=O. The monoisotopic (exact) mass is 339 g/mol. The molecule has 0 bridgehead atoms. The van der Waals surface area contributed by atoms with Gasteiger partial charge in [0.1, 0.15) is 6.04 Å². The van der Waals surface area contributed by atoms with Crippen molar-refractivity contribution in [1.29, 1.82) is 0 Å². The van der Waals surface area contributed by atoms with E-state index in [1.54, 1.807) is 24.0 Å². The molecule has 3 N–H and O–H groups in total. The summed E-state index contributed by atoms with van der Waals surface area (Å²) in [7, 11) is 0. The topological polar surface area (TPSA) is 81.7 Å². The molecule has 0 spiro atoms. The Kier molecular flexibility index (Phi) is 6.24. The first-order chi connectivity index (χ1) is 11.0. The van der Waals surface area contributed by atoms with Crippen molar-refractivity contribution in [3.63, 3.8) is 0 Å². The number of amides is 3. The molecule has 1 aromatic rings. The maximum atomic E-state index is 12.6. The van der Waals surface area contributed by atoms with Gasteiger partial charge in [0, 0.05) is 19.2 Å². The van der Waals surface area contributed by atoms with Gasteiger partial charge in [-0.15, -0.1) is 0 Å². The predicted octanol–water partition coefficient (Wildman–Crippen LogP) is 1.91. The number of para-hydroxylation sites is 1. The van der Waals surface area contributed by atoms with Crippen LogP contribution < -0.4 is 15.5 Å². The van der Waals surface area contributed by atoms with Crippen molar-refractivity contribution in [2.75, 3.05) is 18.1 Å². The number of rotatable bonds is 5. The number of hydrogen-bond acceptors (Lipinski definition) is 3. The number of carbonyl (C=O) groups is 2. The van der Waals surface area contributed by atoms with E-state index < -0.39 is 12.1 Å². The fourth-order valence-corrected chi connectivity index (χ4v) is 2.85. The highest BCUT2D eigenvalue weighted by Crippen LogP contribution is 2.28. The number of halogens is 1. The molecule has 0 aromatic heterocycles. The summed E-state index contributed by atoms with van der Waals surface area (Å²) in [5.41, 5.74) is 0.666. The van der Waals surface area contributed by atoms with Crippen molar-refractivity contribution in [1.82, 2.24) is 10.6 Å². The van der Waals surface area contributed by atoms with E-state index in [2.05, 4.69) is 10.6 Å². The zero-order valence-electron chi connectivity index (χ0n) is 13.1. The van der Waals surface area contributed by atoms with Gasteiger partial charge in [-0.3, -0.25) is 4.79 Å². The van der Waals surface area contributed by atoms with Crippen LogP contribution in [0.3, 0.4) is 0 Å². The third-order valence-corrected chi connectivity index (χ3v) is 4.15. The summed E-state index contributed by atoms with van der Waals surface area (Å²) in [5.74, 6) is -0.158. The second-order valence-electron chi connectivity index (χ2n) is 5.67. The number of urea groups is 1. The van der Waals surface area contributed by atoms with Gasteiger partial charge in [-0.2, -0.15) is 0 Å². The van der Waals surface area contributed by atoms with Crippen molar-refractivity contribution >= 4 is 29.2 Å². The number of carbonyl (C=O) groups excluding carboxylic acids is 2. The number of anilines is 1. The van der Waals surface area contributed by atoms with E-state index in [9.17, 15) is 9.59 Å². The number of aliphatic hydroxyl groups is 1. The van der Waals surface area contributed by atoms with E-state index in [0.717, 1.165) is 6.42 Å². The minimum absolute atomic E-state index is 0.00406. The van der Waals surface area contributed by atoms with E-state index in [1.165, 1.54) is 0 Å². The highest BCUT2D eigenvalue weighted by molar-refractivity contribution is 6.33. The number of nitrogens with one attached hydrogen (secondary N) is 2. The van der Waals surface area contributed by atoms with E-state index in [4.69, 9.17) is 16.7 Å². The van der Waals surface area contributed by atoms with Gasteiger partial charge in [0.25, 0.3) is 0 Å². The first-order valence-corrected chi connectivity index (χ1v) is 8.14. The lowest BCUT2D eigenvalue weighted by Gasteiger charge is -2.33.